The molecule has 0 bridgehead atoms. The Morgan fingerprint density at radius 2 is 1.49 bits per heavy atom. The Hall–Kier alpha value is -4.55. The summed E-state index contributed by atoms with van der Waals surface area (Å²) in [6.45, 7) is 2.85. The Labute approximate surface area is 264 Å². The first-order valence-corrected chi connectivity index (χ1v) is 15.8. The molecule has 0 unspecified atom stereocenters. The normalized spacial score (nSPS) is 13.2. The average molecular weight is 753 g/mol. The molecule has 0 saturated carbocycles. The first-order chi connectivity index (χ1) is 20.5. The molecule has 5 heterocycles. The van der Waals surface area contributed by atoms with Crippen LogP contribution in [0, 0.1) is 6.07 Å². The second-order valence-corrected chi connectivity index (χ2v) is 14.2. The third-order valence-corrected chi connectivity index (χ3v) is 12.9. The van der Waals surface area contributed by atoms with Crippen molar-refractivity contribution in [1.29, 1.82) is 0 Å². The zero-order chi connectivity index (χ0) is 28.8. The zero-order valence-electron chi connectivity index (χ0n) is 23.5. The molecule has 7 heteroatoms. The Bertz CT molecular complexity index is 2000. The molecule has 8 rings (SSSR count). The third kappa shape index (κ3) is 4.48. The summed E-state index contributed by atoms with van der Waals surface area (Å²) in [5.41, 5.74) is 7.01. The molecule has 3 aromatic heterocycles. The van der Waals surface area contributed by atoms with E-state index in [1.807, 2.05) is 31.0 Å². The van der Waals surface area contributed by atoms with Gasteiger partial charge in [0, 0.05) is 68.3 Å². The number of nitrogens with zero attached hydrogens (tertiary/aromatic N) is 3. The van der Waals surface area contributed by atoms with E-state index < -0.39 is 8.07 Å². The number of aromatic nitrogens is 3. The van der Waals surface area contributed by atoms with Crippen LogP contribution in [0.3, 0.4) is 0 Å². The maximum absolute atomic E-state index is 10.0. The van der Waals surface area contributed by atoms with Crippen LogP contribution in [0.25, 0.3) is 44.3 Å². The van der Waals surface area contributed by atoms with Gasteiger partial charge in [0.05, 0.1) is 5.76 Å². The smallest absolute Gasteiger partial charge is 0.155 e. The maximum Gasteiger partial charge on any atom is 0.155 e. The van der Waals surface area contributed by atoms with Crippen LogP contribution >= 0.6 is 0 Å². The molecule has 2 aliphatic heterocycles. The van der Waals surface area contributed by atoms with Crippen molar-refractivity contribution < 1.29 is 30.0 Å². The largest absolute Gasteiger partial charge is 0.512 e. The summed E-state index contributed by atoms with van der Waals surface area (Å²) in [5, 5.41) is 16.3. The first kappa shape index (κ1) is 28.6. The molecular formula is C36H26IrN3O2Si-. The molecule has 0 aliphatic carbocycles. The Morgan fingerprint density at radius 1 is 0.791 bits per heavy atom. The predicted molar refractivity (Wildman–Crippen MR) is 170 cm³/mol. The van der Waals surface area contributed by atoms with Crippen molar-refractivity contribution in [2.24, 2.45) is 0 Å². The molecule has 0 atom stereocenters. The van der Waals surface area contributed by atoms with Crippen molar-refractivity contribution in [3.05, 3.63) is 128 Å². The van der Waals surface area contributed by atoms with E-state index in [2.05, 4.69) is 94.9 Å². The Balaban J connectivity index is 0.000000371. The van der Waals surface area contributed by atoms with Gasteiger partial charge < -0.3 is 10.1 Å². The number of fused-ring (bicyclic) bond motifs is 11. The number of carbonyl (C=O) groups is 1. The molecule has 1 spiro atoms. The van der Waals surface area contributed by atoms with Crippen LogP contribution in [-0.2, 0) is 24.9 Å². The number of carbonyl (C=O) groups excluding carboxylic acids is 1. The molecule has 6 aromatic rings. The predicted octanol–water partition coefficient (Wildman–Crippen LogP) is 4.86. The number of hydrogen-bond donors (Lipinski definition) is 1. The van der Waals surface area contributed by atoms with E-state index in [4.69, 9.17) is 10.1 Å². The third-order valence-electron chi connectivity index (χ3n) is 8.05. The fraction of sp³-hybridized carbons (Fsp3) is 0.0556. The van der Waals surface area contributed by atoms with Crippen LogP contribution in [0.2, 0.25) is 0 Å². The summed E-state index contributed by atoms with van der Waals surface area (Å²) >= 11 is 0. The van der Waals surface area contributed by atoms with Crippen molar-refractivity contribution in [1.82, 2.24) is 15.0 Å². The molecule has 5 nitrogen and oxygen atoms in total. The van der Waals surface area contributed by atoms with E-state index in [1.54, 1.807) is 0 Å². The molecule has 0 fully saturated rings. The van der Waals surface area contributed by atoms with Gasteiger partial charge in [-0.3, -0.25) is 14.8 Å². The van der Waals surface area contributed by atoms with Gasteiger partial charge in [-0.2, -0.15) is 0 Å². The number of aliphatic hydroxyl groups is 1. The monoisotopic (exact) mass is 753 g/mol. The number of aliphatic hydroxyl groups excluding tert-OH is 1. The summed E-state index contributed by atoms with van der Waals surface area (Å²) < 4.78 is 0. The maximum atomic E-state index is 10.0. The minimum atomic E-state index is -2.56. The van der Waals surface area contributed by atoms with Crippen LogP contribution in [0.1, 0.15) is 13.8 Å². The van der Waals surface area contributed by atoms with Gasteiger partial charge in [0.15, 0.2) is 5.78 Å². The molecule has 3 aromatic carbocycles. The van der Waals surface area contributed by atoms with E-state index in [-0.39, 0.29) is 31.6 Å². The van der Waals surface area contributed by atoms with Crippen LogP contribution < -0.4 is 20.7 Å². The fourth-order valence-corrected chi connectivity index (χ4v) is 12.0. The zero-order valence-corrected chi connectivity index (χ0v) is 26.9. The minimum Gasteiger partial charge on any atom is -0.512 e. The first-order valence-electron chi connectivity index (χ1n) is 13.8. The Kier molecular flexibility index (Phi) is 7.48. The molecule has 1 radical (unpaired) electrons. The van der Waals surface area contributed by atoms with Crippen LogP contribution in [-0.4, -0.2) is 33.9 Å². The quantitative estimate of drug-likeness (QED) is 0.118. The fourth-order valence-electron chi connectivity index (χ4n) is 6.57. The van der Waals surface area contributed by atoms with Crippen molar-refractivity contribution in [3.8, 4) is 33.5 Å². The number of hydrogen-bond acceptors (Lipinski definition) is 5. The van der Waals surface area contributed by atoms with Gasteiger partial charge in [-0.1, -0.05) is 64.8 Å². The van der Waals surface area contributed by atoms with Crippen LogP contribution in [0.5, 0.6) is 0 Å². The number of rotatable bonds is 2. The van der Waals surface area contributed by atoms with E-state index in [0.717, 1.165) is 11.3 Å². The summed E-state index contributed by atoms with van der Waals surface area (Å²) in [6.07, 6.45) is 10.9. The standard InChI is InChI=1S/C31H18N3Si.C5H8O2.Ir/c1-2-7-22-20(5-1)6-3-8-23(22)21-10-11-24-30(17-21)35(29-9-4-14-34-31(24)29)27-12-15-32-18-25(27)26-19-33-16-13-28(26)35;1-4(6)3-5(2)7;/h1-10,12-19H;3,6H,1-2H3;/q-1;;/b;4-3-;. The number of pyridine rings is 3. The Morgan fingerprint density at radius 3 is 2.16 bits per heavy atom. The molecular weight excluding hydrogens is 727 g/mol. The van der Waals surface area contributed by atoms with E-state index in [0.29, 0.717) is 0 Å². The molecule has 0 saturated heterocycles. The van der Waals surface area contributed by atoms with E-state index >= 15 is 0 Å². The topological polar surface area (TPSA) is 76.0 Å². The van der Waals surface area contributed by atoms with Gasteiger partial charge in [-0.25, -0.2) is 0 Å². The van der Waals surface area contributed by atoms with Gasteiger partial charge in [-0.05, 0) is 58.9 Å². The second-order valence-electron chi connectivity index (χ2n) is 10.6. The van der Waals surface area contributed by atoms with Crippen LogP contribution in [0.15, 0.2) is 122 Å². The molecule has 2 aliphatic rings. The van der Waals surface area contributed by atoms with Gasteiger partial charge in [0.1, 0.15) is 8.07 Å². The van der Waals surface area contributed by atoms with Gasteiger partial charge in [0.2, 0.25) is 0 Å². The number of ketones is 1. The number of allylic oxidation sites excluding steroid dienone is 2. The summed E-state index contributed by atoms with van der Waals surface area (Å²) in [5.74, 6) is -0.0625. The second kappa shape index (κ2) is 11.3. The van der Waals surface area contributed by atoms with Gasteiger partial charge in [0.25, 0.3) is 0 Å². The van der Waals surface area contributed by atoms with Crippen molar-refractivity contribution in [3.63, 3.8) is 0 Å². The van der Waals surface area contributed by atoms with E-state index in [1.165, 1.54) is 73.7 Å². The molecule has 211 valence electrons. The van der Waals surface area contributed by atoms with Crippen molar-refractivity contribution >= 4 is 45.4 Å². The molecule has 1 N–H and O–H groups in total. The summed E-state index contributed by atoms with van der Waals surface area (Å²) in [7, 11) is -2.56. The SMILES string of the molecule is CC(=O)/C=C(/C)O.[Ir].[c-]1cc(-c2cccc3ccccc23)cc2c1-c1ncccc1[Si]21c2ccncc2-c2cnccc21. The van der Waals surface area contributed by atoms with E-state index in [9.17, 15) is 4.79 Å². The van der Waals surface area contributed by atoms with Crippen molar-refractivity contribution in [2.45, 2.75) is 13.8 Å². The van der Waals surface area contributed by atoms with Crippen molar-refractivity contribution in [2.75, 3.05) is 0 Å². The molecule has 43 heavy (non-hydrogen) atoms. The summed E-state index contributed by atoms with van der Waals surface area (Å²) in [6, 6.07) is 32.2. The number of benzene rings is 3. The van der Waals surface area contributed by atoms with Gasteiger partial charge >= 0.3 is 0 Å². The average Bonchev–Trinajstić information content (AvgIpc) is 3.47. The van der Waals surface area contributed by atoms with Crippen LogP contribution in [0.4, 0.5) is 0 Å². The molecule has 0 amide bonds. The summed E-state index contributed by atoms with van der Waals surface area (Å²) in [4.78, 5) is 23.9. The minimum absolute atomic E-state index is 0. The van der Waals surface area contributed by atoms with Gasteiger partial charge in [-0.15, -0.1) is 28.9 Å².